The molecule has 0 aliphatic carbocycles. The molecule has 0 N–H and O–H groups in total. The van der Waals surface area contributed by atoms with E-state index in [0.29, 0.717) is 6.61 Å². The minimum atomic E-state index is 0.653. The first-order valence-electron chi connectivity index (χ1n) is 9.30. The van der Waals surface area contributed by atoms with Crippen molar-refractivity contribution in [3.05, 3.63) is 53.4 Å². The molecule has 1 nitrogen and oxygen atoms in total. The average molecular weight is 343 g/mol. The number of aryl methyl sites for hydroxylation is 1. The van der Waals surface area contributed by atoms with Crippen LogP contribution in [0.1, 0.15) is 57.2 Å². The number of hydrogen-bond acceptors (Lipinski definition) is 2. The lowest BCUT2D eigenvalue weighted by atomic mass is 10.1. The van der Waals surface area contributed by atoms with Crippen LogP contribution in [-0.4, -0.2) is 6.61 Å². The number of ether oxygens (including phenoxy) is 1. The van der Waals surface area contributed by atoms with Gasteiger partial charge in [-0.2, -0.15) is 0 Å². The first-order chi connectivity index (χ1) is 11.8. The second-order valence-electron chi connectivity index (χ2n) is 6.17. The molecule has 2 aromatic rings. The van der Waals surface area contributed by atoms with Crippen LogP contribution < -0.4 is 4.74 Å². The van der Waals surface area contributed by atoms with Crippen LogP contribution in [0.3, 0.4) is 0 Å². The Morgan fingerprint density at radius 3 is 2.46 bits per heavy atom. The number of thiophene rings is 1. The molecule has 1 aromatic carbocycles. The lowest BCUT2D eigenvalue weighted by Crippen LogP contribution is -1.92. The maximum absolute atomic E-state index is 5.74. The molecular formula is C22H30OS. The highest BCUT2D eigenvalue weighted by Gasteiger charge is 2.03. The van der Waals surface area contributed by atoms with E-state index in [4.69, 9.17) is 4.74 Å². The fraction of sp³-hybridized carbons (Fsp3) is 0.455. The molecule has 2 rings (SSSR count). The molecule has 130 valence electrons. The highest BCUT2D eigenvalue weighted by Crippen LogP contribution is 2.30. The van der Waals surface area contributed by atoms with Gasteiger partial charge in [-0.25, -0.2) is 0 Å². The van der Waals surface area contributed by atoms with Gasteiger partial charge in [0.25, 0.3) is 0 Å². The van der Waals surface area contributed by atoms with Crippen molar-refractivity contribution >= 4 is 11.3 Å². The SMILES string of the molecule is CCC/C=C/COc1ccc(-c2ccc(CCCCCC)s2)cc1. The summed E-state index contributed by atoms with van der Waals surface area (Å²) in [5.74, 6) is 0.941. The summed E-state index contributed by atoms with van der Waals surface area (Å²) in [6.07, 6.45) is 13.1. The minimum absolute atomic E-state index is 0.653. The van der Waals surface area contributed by atoms with Gasteiger partial charge in [0.05, 0.1) is 0 Å². The molecule has 0 saturated heterocycles. The number of benzene rings is 1. The topological polar surface area (TPSA) is 9.23 Å². The first-order valence-corrected chi connectivity index (χ1v) is 10.1. The van der Waals surface area contributed by atoms with Crippen molar-refractivity contribution in [2.24, 2.45) is 0 Å². The van der Waals surface area contributed by atoms with E-state index >= 15 is 0 Å². The predicted molar refractivity (Wildman–Crippen MR) is 107 cm³/mol. The van der Waals surface area contributed by atoms with E-state index in [1.807, 2.05) is 11.3 Å². The van der Waals surface area contributed by atoms with Gasteiger partial charge in [0, 0.05) is 9.75 Å². The van der Waals surface area contributed by atoms with Crippen molar-refractivity contribution in [3.8, 4) is 16.2 Å². The Labute approximate surface area is 151 Å². The Hall–Kier alpha value is -1.54. The van der Waals surface area contributed by atoms with Crippen LogP contribution in [0.4, 0.5) is 0 Å². The van der Waals surface area contributed by atoms with Crippen LogP contribution in [0.2, 0.25) is 0 Å². The van der Waals surface area contributed by atoms with Gasteiger partial charge in [-0.05, 0) is 61.2 Å². The fourth-order valence-electron chi connectivity index (χ4n) is 2.61. The van der Waals surface area contributed by atoms with Crippen molar-refractivity contribution in [2.45, 2.75) is 58.8 Å². The maximum Gasteiger partial charge on any atom is 0.119 e. The molecule has 24 heavy (non-hydrogen) atoms. The molecular weight excluding hydrogens is 312 g/mol. The van der Waals surface area contributed by atoms with Crippen molar-refractivity contribution in [1.82, 2.24) is 0 Å². The molecule has 1 aromatic heterocycles. The molecule has 0 aliphatic rings. The zero-order valence-electron chi connectivity index (χ0n) is 15.1. The summed E-state index contributed by atoms with van der Waals surface area (Å²) in [5, 5.41) is 0. The molecule has 0 amide bonds. The minimum Gasteiger partial charge on any atom is -0.490 e. The first kappa shape index (κ1) is 18.8. The summed E-state index contributed by atoms with van der Waals surface area (Å²) in [6.45, 7) is 5.10. The molecule has 0 atom stereocenters. The third-order valence-corrected chi connectivity index (χ3v) is 5.24. The second-order valence-corrected chi connectivity index (χ2v) is 7.34. The lowest BCUT2D eigenvalue weighted by Gasteiger charge is -2.04. The summed E-state index contributed by atoms with van der Waals surface area (Å²) in [4.78, 5) is 2.86. The lowest BCUT2D eigenvalue weighted by molar-refractivity contribution is 0.362. The summed E-state index contributed by atoms with van der Waals surface area (Å²) < 4.78 is 5.74. The Kier molecular flexibility index (Phi) is 8.69. The predicted octanol–water partition coefficient (Wildman–Crippen LogP) is 7.27. The third-order valence-electron chi connectivity index (χ3n) is 4.05. The van der Waals surface area contributed by atoms with E-state index in [2.05, 4.69) is 62.4 Å². The van der Waals surface area contributed by atoms with Crippen LogP contribution in [0, 0.1) is 0 Å². The fourth-order valence-corrected chi connectivity index (χ4v) is 3.66. The van der Waals surface area contributed by atoms with Gasteiger partial charge < -0.3 is 4.74 Å². The zero-order valence-corrected chi connectivity index (χ0v) is 15.9. The van der Waals surface area contributed by atoms with E-state index in [9.17, 15) is 0 Å². The van der Waals surface area contributed by atoms with Crippen molar-refractivity contribution in [2.75, 3.05) is 6.61 Å². The number of hydrogen-bond donors (Lipinski definition) is 0. The van der Waals surface area contributed by atoms with E-state index in [-0.39, 0.29) is 0 Å². The smallest absolute Gasteiger partial charge is 0.119 e. The van der Waals surface area contributed by atoms with Crippen molar-refractivity contribution in [1.29, 1.82) is 0 Å². The average Bonchev–Trinajstić information content (AvgIpc) is 3.08. The number of rotatable bonds is 11. The summed E-state index contributed by atoms with van der Waals surface area (Å²) in [5.41, 5.74) is 1.29. The highest BCUT2D eigenvalue weighted by molar-refractivity contribution is 7.15. The standard InChI is InChI=1S/C22H30OS/c1-3-5-7-9-11-21-16-17-22(24-21)19-12-14-20(15-13-19)23-18-10-8-6-4-2/h8,10,12-17H,3-7,9,11,18H2,1-2H3/b10-8+. The molecule has 0 spiro atoms. The van der Waals surface area contributed by atoms with Gasteiger partial charge in [0.1, 0.15) is 12.4 Å². The normalized spacial score (nSPS) is 11.2. The van der Waals surface area contributed by atoms with Crippen molar-refractivity contribution < 1.29 is 4.74 Å². The third kappa shape index (κ3) is 6.52. The van der Waals surface area contributed by atoms with Crippen LogP contribution >= 0.6 is 11.3 Å². The number of unbranched alkanes of at least 4 members (excludes halogenated alkanes) is 4. The molecule has 0 saturated carbocycles. The number of allylic oxidation sites excluding steroid dienone is 1. The largest absolute Gasteiger partial charge is 0.490 e. The molecule has 0 aliphatic heterocycles. The Morgan fingerprint density at radius 1 is 0.875 bits per heavy atom. The summed E-state index contributed by atoms with van der Waals surface area (Å²) in [7, 11) is 0. The van der Waals surface area contributed by atoms with Crippen molar-refractivity contribution in [3.63, 3.8) is 0 Å². The molecule has 0 radical (unpaired) electrons. The summed E-state index contributed by atoms with van der Waals surface area (Å²) in [6, 6.07) is 13.0. The van der Waals surface area contributed by atoms with E-state index in [1.165, 1.54) is 53.8 Å². The maximum atomic E-state index is 5.74. The molecule has 0 fully saturated rings. The van der Waals surface area contributed by atoms with Gasteiger partial charge in [-0.3, -0.25) is 0 Å². The van der Waals surface area contributed by atoms with Crippen LogP contribution in [-0.2, 0) is 6.42 Å². The van der Waals surface area contributed by atoms with Gasteiger partial charge in [-0.1, -0.05) is 51.7 Å². The highest BCUT2D eigenvalue weighted by atomic mass is 32.1. The van der Waals surface area contributed by atoms with E-state index in [1.54, 1.807) is 0 Å². The second kappa shape index (κ2) is 11.1. The molecule has 1 heterocycles. The van der Waals surface area contributed by atoms with Gasteiger partial charge >= 0.3 is 0 Å². The van der Waals surface area contributed by atoms with Crippen LogP contribution in [0.25, 0.3) is 10.4 Å². The van der Waals surface area contributed by atoms with Gasteiger partial charge in [0.2, 0.25) is 0 Å². The van der Waals surface area contributed by atoms with E-state index < -0.39 is 0 Å². The Bertz CT molecular complexity index is 595. The molecule has 0 unspecified atom stereocenters. The monoisotopic (exact) mass is 342 g/mol. The Balaban J connectivity index is 1.83. The van der Waals surface area contributed by atoms with Gasteiger partial charge in [0.15, 0.2) is 0 Å². The summed E-state index contributed by atoms with van der Waals surface area (Å²) >= 11 is 1.92. The molecule has 0 bridgehead atoms. The van der Waals surface area contributed by atoms with E-state index in [0.717, 1.165) is 12.2 Å². The Morgan fingerprint density at radius 2 is 1.71 bits per heavy atom. The van der Waals surface area contributed by atoms with Gasteiger partial charge in [-0.15, -0.1) is 11.3 Å². The quantitative estimate of drug-likeness (QED) is 0.308. The van der Waals surface area contributed by atoms with Crippen LogP contribution in [0.5, 0.6) is 5.75 Å². The van der Waals surface area contributed by atoms with Crippen LogP contribution in [0.15, 0.2) is 48.6 Å². The molecule has 2 heteroatoms. The zero-order chi connectivity index (χ0) is 17.0.